The van der Waals surface area contributed by atoms with Crippen LogP contribution in [-0.4, -0.2) is 37.9 Å². The van der Waals surface area contributed by atoms with E-state index in [0.717, 1.165) is 10.2 Å². The zero-order valence-corrected chi connectivity index (χ0v) is 11.9. The van der Waals surface area contributed by atoms with Crippen LogP contribution in [0.3, 0.4) is 0 Å². The molecular weight excluding hydrogens is 302 g/mol. The van der Waals surface area contributed by atoms with Gasteiger partial charge in [-0.2, -0.15) is 0 Å². The van der Waals surface area contributed by atoms with E-state index in [-0.39, 0.29) is 13.0 Å². The first-order valence-corrected chi connectivity index (χ1v) is 6.18. The average molecular weight is 318 g/mol. The molecule has 0 aliphatic heterocycles. The lowest BCUT2D eigenvalue weighted by Gasteiger charge is -2.14. The fourth-order valence-electron chi connectivity index (χ4n) is 1.39. The Morgan fingerprint density at radius 2 is 2.22 bits per heavy atom. The number of aliphatic hydroxyl groups excluding tert-OH is 1. The van der Waals surface area contributed by atoms with E-state index in [4.69, 9.17) is 4.74 Å². The van der Waals surface area contributed by atoms with Crippen LogP contribution >= 0.6 is 15.9 Å². The second-order valence-electron chi connectivity index (χ2n) is 3.66. The lowest BCUT2D eigenvalue weighted by atomic mass is 10.2. The Morgan fingerprint density at radius 3 is 2.83 bits per heavy atom. The number of aliphatic hydroxyl groups is 1. The number of carbonyl (C=O) groups is 1. The first kappa shape index (κ1) is 14.8. The van der Waals surface area contributed by atoms with E-state index >= 15 is 0 Å². The van der Waals surface area contributed by atoms with Gasteiger partial charge in [-0.05, 0) is 18.2 Å². The fourth-order valence-corrected chi connectivity index (χ4v) is 1.76. The summed E-state index contributed by atoms with van der Waals surface area (Å²) in [5.74, 6) is 0.231. The van der Waals surface area contributed by atoms with Crippen LogP contribution in [0.2, 0.25) is 0 Å². The molecule has 1 aromatic carbocycles. The van der Waals surface area contributed by atoms with Crippen molar-refractivity contribution in [2.75, 3.05) is 26.1 Å². The van der Waals surface area contributed by atoms with Crippen molar-refractivity contribution in [1.29, 1.82) is 0 Å². The van der Waals surface area contributed by atoms with Crippen molar-refractivity contribution in [3.05, 3.63) is 22.7 Å². The number of rotatable bonds is 6. The predicted molar refractivity (Wildman–Crippen MR) is 71.8 cm³/mol. The molecule has 1 atom stereocenters. The van der Waals surface area contributed by atoms with Gasteiger partial charge in [0.05, 0.1) is 32.4 Å². The molecule has 1 rings (SSSR count). The standard InChI is InChI=1S/C12H16BrNO4/c1-17-11-4-3-8(13)5-10(11)14-7-9(15)6-12(16)18-2/h3-5,9,14-15H,6-7H2,1-2H3. The SMILES string of the molecule is COC(=O)CC(O)CNc1cc(Br)ccc1OC. The molecule has 0 aromatic heterocycles. The lowest BCUT2D eigenvalue weighted by molar-refractivity contribution is -0.142. The highest BCUT2D eigenvalue weighted by atomic mass is 79.9. The smallest absolute Gasteiger partial charge is 0.308 e. The molecular formula is C12H16BrNO4. The van der Waals surface area contributed by atoms with Gasteiger partial charge in [0.1, 0.15) is 5.75 Å². The third-order valence-corrected chi connectivity index (χ3v) is 2.81. The van der Waals surface area contributed by atoms with Crippen LogP contribution in [-0.2, 0) is 9.53 Å². The third-order valence-electron chi connectivity index (χ3n) is 2.32. The van der Waals surface area contributed by atoms with Crippen LogP contribution in [0.4, 0.5) is 5.69 Å². The van der Waals surface area contributed by atoms with E-state index in [9.17, 15) is 9.90 Å². The van der Waals surface area contributed by atoms with Gasteiger partial charge in [0, 0.05) is 11.0 Å². The third kappa shape index (κ3) is 4.54. The number of benzene rings is 1. The van der Waals surface area contributed by atoms with Crippen LogP contribution in [0.1, 0.15) is 6.42 Å². The highest BCUT2D eigenvalue weighted by molar-refractivity contribution is 9.10. The summed E-state index contributed by atoms with van der Waals surface area (Å²) in [6, 6.07) is 5.50. The van der Waals surface area contributed by atoms with Gasteiger partial charge in [0.25, 0.3) is 0 Å². The van der Waals surface area contributed by atoms with E-state index < -0.39 is 12.1 Å². The maximum atomic E-state index is 11.0. The summed E-state index contributed by atoms with van der Waals surface area (Å²) in [5.41, 5.74) is 0.746. The largest absolute Gasteiger partial charge is 0.495 e. The molecule has 0 heterocycles. The summed E-state index contributed by atoms with van der Waals surface area (Å²) >= 11 is 3.35. The molecule has 6 heteroatoms. The number of methoxy groups -OCH3 is 2. The van der Waals surface area contributed by atoms with E-state index in [1.165, 1.54) is 7.11 Å². The Balaban J connectivity index is 2.57. The van der Waals surface area contributed by atoms with E-state index in [0.29, 0.717) is 5.75 Å². The van der Waals surface area contributed by atoms with Gasteiger partial charge in [0.2, 0.25) is 0 Å². The zero-order valence-electron chi connectivity index (χ0n) is 10.3. The molecule has 0 spiro atoms. The number of esters is 1. The number of halogens is 1. The molecule has 2 N–H and O–H groups in total. The Labute approximate surface area is 114 Å². The van der Waals surface area contributed by atoms with Gasteiger partial charge in [-0.25, -0.2) is 0 Å². The summed E-state index contributed by atoms with van der Waals surface area (Å²) in [6.07, 6.45) is -0.846. The minimum atomic E-state index is -0.805. The van der Waals surface area contributed by atoms with E-state index in [1.807, 2.05) is 12.1 Å². The molecule has 0 fully saturated rings. The van der Waals surface area contributed by atoms with E-state index in [1.54, 1.807) is 13.2 Å². The van der Waals surface area contributed by atoms with Gasteiger partial charge in [-0.1, -0.05) is 15.9 Å². The first-order valence-electron chi connectivity index (χ1n) is 5.39. The van der Waals surface area contributed by atoms with E-state index in [2.05, 4.69) is 26.0 Å². The van der Waals surface area contributed by atoms with Crippen molar-refractivity contribution in [2.24, 2.45) is 0 Å². The number of nitrogens with one attached hydrogen (secondary N) is 1. The second-order valence-corrected chi connectivity index (χ2v) is 4.58. The van der Waals surface area contributed by atoms with Crippen molar-refractivity contribution < 1.29 is 19.4 Å². The van der Waals surface area contributed by atoms with Crippen molar-refractivity contribution in [3.63, 3.8) is 0 Å². The highest BCUT2D eigenvalue weighted by Gasteiger charge is 2.12. The van der Waals surface area contributed by atoms with Crippen LogP contribution in [0.25, 0.3) is 0 Å². The molecule has 0 radical (unpaired) electrons. The summed E-state index contributed by atoms with van der Waals surface area (Å²) < 4.78 is 10.6. The summed E-state index contributed by atoms with van der Waals surface area (Å²) in [7, 11) is 2.86. The highest BCUT2D eigenvalue weighted by Crippen LogP contribution is 2.27. The molecule has 0 saturated heterocycles. The second kappa shape index (κ2) is 7.23. The molecule has 18 heavy (non-hydrogen) atoms. The molecule has 1 unspecified atom stereocenters. The topological polar surface area (TPSA) is 67.8 Å². The van der Waals surface area contributed by atoms with Gasteiger partial charge >= 0.3 is 5.97 Å². The van der Waals surface area contributed by atoms with Gasteiger partial charge in [-0.15, -0.1) is 0 Å². The average Bonchev–Trinajstić information content (AvgIpc) is 2.36. The van der Waals surface area contributed by atoms with Gasteiger partial charge < -0.3 is 19.9 Å². The number of hydrogen-bond acceptors (Lipinski definition) is 5. The van der Waals surface area contributed by atoms with Crippen molar-refractivity contribution in [3.8, 4) is 5.75 Å². The quantitative estimate of drug-likeness (QED) is 0.783. The maximum absolute atomic E-state index is 11.0. The molecule has 0 saturated carbocycles. The zero-order chi connectivity index (χ0) is 13.5. The van der Waals surface area contributed by atoms with Gasteiger partial charge in [0.15, 0.2) is 0 Å². The van der Waals surface area contributed by atoms with Gasteiger partial charge in [-0.3, -0.25) is 4.79 Å². The summed E-state index contributed by atoms with van der Waals surface area (Å²) in [4.78, 5) is 11.0. The molecule has 1 aromatic rings. The van der Waals surface area contributed by atoms with Crippen molar-refractivity contribution in [1.82, 2.24) is 0 Å². The fraction of sp³-hybridized carbons (Fsp3) is 0.417. The van der Waals surface area contributed by atoms with Crippen LogP contribution < -0.4 is 10.1 Å². The number of carbonyl (C=O) groups excluding carboxylic acids is 1. The van der Waals surface area contributed by atoms with Crippen LogP contribution in [0.15, 0.2) is 22.7 Å². The number of anilines is 1. The number of hydrogen-bond donors (Lipinski definition) is 2. The summed E-state index contributed by atoms with van der Waals surface area (Å²) in [6.45, 7) is 0.238. The Hall–Kier alpha value is -1.27. The van der Waals surface area contributed by atoms with Crippen molar-refractivity contribution in [2.45, 2.75) is 12.5 Å². The molecule has 0 aliphatic rings. The first-order chi connectivity index (χ1) is 8.56. The molecule has 0 bridgehead atoms. The lowest BCUT2D eigenvalue weighted by Crippen LogP contribution is -2.23. The van der Waals surface area contributed by atoms with Crippen LogP contribution in [0.5, 0.6) is 5.75 Å². The number of ether oxygens (including phenoxy) is 2. The molecule has 100 valence electrons. The van der Waals surface area contributed by atoms with Crippen molar-refractivity contribution >= 4 is 27.6 Å². The molecule has 5 nitrogen and oxygen atoms in total. The van der Waals surface area contributed by atoms with Crippen LogP contribution in [0, 0.1) is 0 Å². The Morgan fingerprint density at radius 1 is 1.50 bits per heavy atom. The predicted octanol–water partition coefficient (Wildman–Crippen LogP) is 1.79. The minimum absolute atomic E-state index is 0.0418. The monoisotopic (exact) mass is 317 g/mol. The normalized spacial score (nSPS) is 11.8. The molecule has 0 aliphatic carbocycles. The summed E-state index contributed by atoms with van der Waals surface area (Å²) in [5, 5.41) is 12.7. The Bertz CT molecular complexity index is 411. The molecule has 0 amide bonds. The minimum Gasteiger partial charge on any atom is -0.495 e. The Kier molecular flexibility index (Phi) is 5.94. The maximum Gasteiger partial charge on any atom is 0.308 e.